The van der Waals surface area contributed by atoms with Crippen molar-refractivity contribution < 1.29 is 27.6 Å². The summed E-state index contributed by atoms with van der Waals surface area (Å²) in [7, 11) is 0. The number of halogens is 3. The zero-order chi connectivity index (χ0) is 34.1. The molecule has 1 atom stereocenters. The van der Waals surface area contributed by atoms with Gasteiger partial charge in [-0.2, -0.15) is 13.2 Å². The standard InChI is InChI=1S/C38H30F3N3O3S/c1-25-11-8-12-26(21-25)22-33(44-35(45)28-15-6-3-7-16-28)36(46)42-31-19-10-20-32(24-31)48-34(27-13-4-2-5-14-27)37(47)43-30-18-9-17-29(23-30)38(39,40)41/h2-24,34H,1H3,(H,42,46)(H,43,47)(H,44,45)/b33-22+. The summed E-state index contributed by atoms with van der Waals surface area (Å²) >= 11 is 1.17. The van der Waals surface area contributed by atoms with Gasteiger partial charge in [0.1, 0.15) is 10.9 Å². The fourth-order valence-electron chi connectivity index (χ4n) is 4.73. The third kappa shape index (κ3) is 9.23. The smallest absolute Gasteiger partial charge is 0.325 e. The number of amides is 3. The predicted octanol–water partition coefficient (Wildman–Crippen LogP) is 8.90. The molecule has 6 nitrogen and oxygen atoms in total. The second-order valence-corrected chi connectivity index (χ2v) is 11.9. The van der Waals surface area contributed by atoms with E-state index in [1.807, 2.05) is 31.2 Å². The highest BCUT2D eigenvalue weighted by atomic mass is 32.2. The van der Waals surface area contributed by atoms with Crippen molar-refractivity contribution in [3.05, 3.63) is 167 Å². The van der Waals surface area contributed by atoms with Gasteiger partial charge in [-0.15, -0.1) is 11.8 Å². The lowest BCUT2D eigenvalue weighted by Crippen LogP contribution is -2.30. The van der Waals surface area contributed by atoms with E-state index in [1.54, 1.807) is 91.0 Å². The molecule has 5 rings (SSSR count). The van der Waals surface area contributed by atoms with Crippen LogP contribution in [-0.2, 0) is 15.8 Å². The fourth-order valence-corrected chi connectivity index (χ4v) is 5.82. The third-order valence-electron chi connectivity index (χ3n) is 7.03. The normalized spacial score (nSPS) is 12.1. The second kappa shape index (κ2) is 15.3. The van der Waals surface area contributed by atoms with Crippen LogP contribution < -0.4 is 16.0 Å². The zero-order valence-corrected chi connectivity index (χ0v) is 26.4. The predicted molar refractivity (Wildman–Crippen MR) is 183 cm³/mol. The Balaban J connectivity index is 1.38. The van der Waals surface area contributed by atoms with Crippen LogP contribution in [-0.4, -0.2) is 17.7 Å². The number of carbonyl (C=O) groups is 3. The minimum atomic E-state index is -4.56. The van der Waals surface area contributed by atoms with Gasteiger partial charge in [0, 0.05) is 21.8 Å². The molecule has 0 fully saturated rings. The number of carbonyl (C=O) groups excluding carboxylic acids is 3. The molecule has 0 heterocycles. The molecule has 0 aliphatic carbocycles. The molecule has 0 radical (unpaired) electrons. The summed E-state index contributed by atoms with van der Waals surface area (Å²) in [5, 5.41) is 7.33. The van der Waals surface area contributed by atoms with Crippen LogP contribution in [0.1, 0.15) is 37.9 Å². The van der Waals surface area contributed by atoms with E-state index in [0.717, 1.165) is 23.3 Å². The van der Waals surface area contributed by atoms with Gasteiger partial charge in [-0.05, 0) is 72.7 Å². The van der Waals surface area contributed by atoms with Crippen LogP contribution in [0.15, 0.2) is 144 Å². The van der Waals surface area contributed by atoms with Gasteiger partial charge >= 0.3 is 6.18 Å². The van der Waals surface area contributed by atoms with E-state index in [2.05, 4.69) is 16.0 Å². The first-order chi connectivity index (χ1) is 23.0. The number of hydrogen-bond acceptors (Lipinski definition) is 4. The van der Waals surface area contributed by atoms with E-state index >= 15 is 0 Å². The molecule has 242 valence electrons. The van der Waals surface area contributed by atoms with Crippen molar-refractivity contribution in [3.8, 4) is 0 Å². The molecule has 10 heteroatoms. The molecule has 3 amide bonds. The van der Waals surface area contributed by atoms with E-state index < -0.39 is 34.7 Å². The number of aryl methyl sites for hydroxylation is 1. The largest absolute Gasteiger partial charge is 0.416 e. The Bertz CT molecular complexity index is 1950. The van der Waals surface area contributed by atoms with E-state index in [-0.39, 0.29) is 11.4 Å². The SMILES string of the molecule is Cc1cccc(/C=C(/NC(=O)c2ccccc2)C(=O)Nc2cccc(SC(C(=O)Nc3cccc(C(F)(F)F)c3)c3ccccc3)c2)c1. The number of nitrogens with one attached hydrogen (secondary N) is 3. The van der Waals surface area contributed by atoms with E-state index in [1.165, 1.54) is 23.9 Å². The van der Waals surface area contributed by atoms with Crippen molar-refractivity contribution in [2.24, 2.45) is 0 Å². The number of alkyl halides is 3. The maximum Gasteiger partial charge on any atom is 0.416 e. The van der Waals surface area contributed by atoms with Gasteiger partial charge in [0.05, 0.1) is 5.56 Å². The number of hydrogen-bond donors (Lipinski definition) is 3. The van der Waals surface area contributed by atoms with Crippen LogP contribution in [0.5, 0.6) is 0 Å². The molecule has 48 heavy (non-hydrogen) atoms. The van der Waals surface area contributed by atoms with Crippen LogP contribution in [0.4, 0.5) is 24.5 Å². The first-order valence-corrected chi connectivity index (χ1v) is 15.7. The average Bonchev–Trinajstić information content (AvgIpc) is 3.07. The number of benzene rings is 5. The lowest BCUT2D eigenvalue weighted by atomic mass is 10.1. The summed E-state index contributed by atoms with van der Waals surface area (Å²) in [6, 6.07) is 36.1. The molecule has 0 saturated carbocycles. The summed E-state index contributed by atoms with van der Waals surface area (Å²) < 4.78 is 39.9. The van der Waals surface area contributed by atoms with Crippen LogP contribution in [0.2, 0.25) is 0 Å². The van der Waals surface area contributed by atoms with E-state index in [9.17, 15) is 27.6 Å². The summed E-state index contributed by atoms with van der Waals surface area (Å²) in [5.41, 5.74) is 2.28. The van der Waals surface area contributed by atoms with Crippen LogP contribution in [0, 0.1) is 6.92 Å². The maximum absolute atomic E-state index is 13.6. The zero-order valence-electron chi connectivity index (χ0n) is 25.6. The summed E-state index contributed by atoms with van der Waals surface area (Å²) in [6.07, 6.45) is -2.97. The molecule has 0 aliphatic heterocycles. The molecular weight excluding hydrogens is 635 g/mol. The number of rotatable bonds is 10. The van der Waals surface area contributed by atoms with E-state index in [4.69, 9.17) is 0 Å². The molecule has 5 aromatic carbocycles. The molecule has 1 unspecified atom stereocenters. The van der Waals surface area contributed by atoms with Crippen LogP contribution in [0.25, 0.3) is 6.08 Å². The van der Waals surface area contributed by atoms with E-state index in [0.29, 0.717) is 21.7 Å². The Hall–Kier alpha value is -5.61. The molecule has 3 N–H and O–H groups in total. The van der Waals surface area contributed by atoms with Crippen molar-refractivity contribution in [3.63, 3.8) is 0 Å². The fraction of sp³-hybridized carbons (Fsp3) is 0.0789. The molecule has 5 aromatic rings. The van der Waals surface area contributed by atoms with Crippen molar-refractivity contribution in [2.75, 3.05) is 10.6 Å². The first-order valence-electron chi connectivity index (χ1n) is 14.8. The van der Waals surface area contributed by atoms with Crippen molar-refractivity contribution in [1.29, 1.82) is 0 Å². The highest BCUT2D eigenvalue weighted by Gasteiger charge is 2.31. The lowest BCUT2D eigenvalue weighted by molar-refractivity contribution is -0.137. The third-order valence-corrected chi connectivity index (χ3v) is 8.27. The van der Waals surface area contributed by atoms with Gasteiger partial charge in [-0.1, -0.05) is 90.5 Å². The van der Waals surface area contributed by atoms with Crippen molar-refractivity contribution >= 4 is 46.9 Å². The molecule has 0 aromatic heterocycles. The summed E-state index contributed by atoms with van der Waals surface area (Å²) in [4.78, 5) is 40.7. The van der Waals surface area contributed by atoms with Crippen LogP contribution in [0.3, 0.4) is 0 Å². The van der Waals surface area contributed by atoms with Crippen molar-refractivity contribution in [1.82, 2.24) is 5.32 Å². The molecule has 0 saturated heterocycles. The monoisotopic (exact) mass is 665 g/mol. The quantitative estimate of drug-likeness (QED) is 0.103. The first kappa shape index (κ1) is 33.7. The Morgan fingerprint density at radius 3 is 2.04 bits per heavy atom. The van der Waals surface area contributed by atoms with Crippen LogP contribution >= 0.6 is 11.8 Å². The highest BCUT2D eigenvalue weighted by Crippen LogP contribution is 2.38. The van der Waals surface area contributed by atoms with Gasteiger partial charge in [0.15, 0.2) is 0 Å². The average molecular weight is 666 g/mol. The molecule has 0 spiro atoms. The molecular formula is C38H30F3N3O3S. The minimum Gasteiger partial charge on any atom is -0.325 e. The highest BCUT2D eigenvalue weighted by molar-refractivity contribution is 8.00. The van der Waals surface area contributed by atoms with Gasteiger partial charge in [0.2, 0.25) is 5.91 Å². The van der Waals surface area contributed by atoms with Gasteiger partial charge in [-0.25, -0.2) is 0 Å². The number of thioether (sulfide) groups is 1. The maximum atomic E-state index is 13.6. The number of anilines is 2. The molecule has 0 aliphatic rings. The Morgan fingerprint density at radius 1 is 0.708 bits per heavy atom. The minimum absolute atomic E-state index is 0.0165. The molecule has 0 bridgehead atoms. The second-order valence-electron chi connectivity index (χ2n) is 10.8. The summed E-state index contributed by atoms with van der Waals surface area (Å²) in [6.45, 7) is 1.92. The van der Waals surface area contributed by atoms with Crippen molar-refractivity contribution in [2.45, 2.75) is 23.2 Å². The Kier molecular flexibility index (Phi) is 10.8. The Morgan fingerprint density at radius 2 is 1.35 bits per heavy atom. The topological polar surface area (TPSA) is 87.3 Å². The lowest BCUT2D eigenvalue weighted by Gasteiger charge is -2.18. The van der Waals surface area contributed by atoms with Gasteiger partial charge in [0.25, 0.3) is 11.8 Å². The summed E-state index contributed by atoms with van der Waals surface area (Å²) in [5.74, 6) is -1.54. The van der Waals surface area contributed by atoms with Gasteiger partial charge in [-0.3, -0.25) is 14.4 Å². The van der Waals surface area contributed by atoms with Gasteiger partial charge < -0.3 is 16.0 Å². The Labute approximate surface area is 280 Å².